The molecule has 0 radical (unpaired) electrons. The van der Waals surface area contributed by atoms with Gasteiger partial charge in [-0.05, 0) is 30.5 Å². The van der Waals surface area contributed by atoms with E-state index in [1.807, 2.05) is 16.8 Å². The van der Waals surface area contributed by atoms with Gasteiger partial charge in [0.05, 0.1) is 25.3 Å². The van der Waals surface area contributed by atoms with E-state index in [1.54, 1.807) is 0 Å². The predicted octanol–water partition coefficient (Wildman–Crippen LogP) is 2.94. The van der Waals surface area contributed by atoms with E-state index in [9.17, 15) is 0 Å². The molecule has 0 spiro atoms. The molecule has 1 aliphatic heterocycles. The van der Waals surface area contributed by atoms with Crippen LogP contribution in [-0.4, -0.2) is 62.9 Å². The van der Waals surface area contributed by atoms with E-state index in [4.69, 9.17) is 9.26 Å². The number of ether oxygens (including phenoxy) is 1. The molecule has 5 rings (SSSR count). The summed E-state index contributed by atoms with van der Waals surface area (Å²) >= 11 is 0. The van der Waals surface area contributed by atoms with Crippen LogP contribution >= 0.6 is 0 Å². The summed E-state index contributed by atoms with van der Waals surface area (Å²) in [6.45, 7) is 5.38. The van der Waals surface area contributed by atoms with Crippen LogP contribution in [0.5, 0.6) is 0 Å². The Balaban J connectivity index is 1.24. The Hall–Kier alpha value is -2.32. The Morgan fingerprint density at radius 1 is 1.07 bits per heavy atom. The van der Waals surface area contributed by atoms with Crippen molar-refractivity contribution in [1.29, 1.82) is 0 Å². The van der Waals surface area contributed by atoms with Crippen LogP contribution in [0, 0.1) is 5.92 Å². The summed E-state index contributed by atoms with van der Waals surface area (Å²) in [6.07, 6.45) is 7.45. The van der Waals surface area contributed by atoms with Gasteiger partial charge in [-0.1, -0.05) is 36.1 Å². The van der Waals surface area contributed by atoms with E-state index < -0.39 is 0 Å². The predicted molar refractivity (Wildman–Crippen MR) is 108 cm³/mol. The lowest BCUT2D eigenvalue weighted by atomic mass is 10.0. The van der Waals surface area contributed by atoms with E-state index in [2.05, 4.69) is 31.4 Å². The maximum atomic E-state index is 5.48. The Kier molecular flexibility index (Phi) is 5.53. The molecule has 0 unspecified atom stereocenters. The molecule has 1 saturated heterocycles. The summed E-state index contributed by atoms with van der Waals surface area (Å²) in [5.41, 5.74) is 2.82. The fourth-order valence-electron chi connectivity index (χ4n) is 4.44. The summed E-state index contributed by atoms with van der Waals surface area (Å²) in [4.78, 5) is 7.00. The quantitative estimate of drug-likeness (QED) is 0.607. The first-order valence-electron chi connectivity index (χ1n) is 10.8. The molecule has 0 bridgehead atoms. The summed E-state index contributed by atoms with van der Waals surface area (Å²) < 4.78 is 12.9. The second-order valence-electron chi connectivity index (χ2n) is 8.17. The Morgan fingerprint density at radius 2 is 1.93 bits per heavy atom. The molecular weight excluding hydrogens is 368 g/mol. The average Bonchev–Trinajstić information content (AvgIpc) is 3.52. The van der Waals surface area contributed by atoms with Crippen molar-refractivity contribution in [2.45, 2.75) is 45.1 Å². The van der Waals surface area contributed by atoms with Gasteiger partial charge >= 0.3 is 0 Å². The first-order chi connectivity index (χ1) is 14.3. The molecule has 154 valence electrons. The second-order valence-corrected chi connectivity index (χ2v) is 8.17. The maximum absolute atomic E-state index is 5.48. The number of nitrogens with zero attached hydrogens (tertiary/aromatic N) is 6. The highest BCUT2D eigenvalue weighted by Crippen LogP contribution is 2.29. The molecule has 1 aliphatic carbocycles. The maximum Gasteiger partial charge on any atom is 0.226 e. The van der Waals surface area contributed by atoms with Crippen molar-refractivity contribution in [3.8, 4) is 11.4 Å². The van der Waals surface area contributed by atoms with Gasteiger partial charge in [0.1, 0.15) is 5.52 Å². The first-order valence-corrected chi connectivity index (χ1v) is 10.8. The van der Waals surface area contributed by atoms with Crippen LogP contribution < -0.4 is 0 Å². The van der Waals surface area contributed by atoms with Crippen LogP contribution in [0.1, 0.15) is 38.0 Å². The number of morpholine rings is 1. The number of benzene rings is 1. The molecule has 0 N–H and O–H groups in total. The lowest BCUT2D eigenvalue weighted by Gasteiger charge is -2.26. The largest absolute Gasteiger partial charge is 0.379 e. The molecule has 3 heterocycles. The number of fused-ring (bicyclic) bond motifs is 1. The third-order valence-electron chi connectivity index (χ3n) is 6.21. The molecular formula is C21H28N6O2. The van der Waals surface area contributed by atoms with Crippen molar-refractivity contribution >= 4 is 11.0 Å². The molecule has 29 heavy (non-hydrogen) atoms. The smallest absolute Gasteiger partial charge is 0.226 e. The van der Waals surface area contributed by atoms with Gasteiger partial charge in [-0.25, -0.2) is 4.68 Å². The highest BCUT2D eigenvalue weighted by Gasteiger charge is 2.17. The standard InChI is InChI=1S/C21H28N6O2/c1-2-4-16(3-1)5-8-20-22-21(24-29-20)17-6-7-19-18(15-17)23-25-27(19)10-9-26-11-13-28-14-12-26/h6-7,15-16H,1-5,8-14H2. The molecule has 2 aliphatic rings. The van der Waals surface area contributed by atoms with Gasteiger partial charge in [0, 0.05) is 31.6 Å². The van der Waals surface area contributed by atoms with Crippen molar-refractivity contribution in [2.75, 3.05) is 32.8 Å². The molecule has 0 amide bonds. The summed E-state index contributed by atoms with van der Waals surface area (Å²) in [5, 5.41) is 12.9. The van der Waals surface area contributed by atoms with Crippen molar-refractivity contribution < 1.29 is 9.26 Å². The number of hydrogen-bond acceptors (Lipinski definition) is 7. The lowest BCUT2D eigenvalue weighted by molar-refractivity contribution is 0.0360. The highest BCUT2D eigenvalue weighted by atomic mass is 16.5. The van der Waals surface area contributed by atoms with Crippen LogP contribution in [0.2, 0.25) is 0 Å². The number of rotatable bonds is 7. The number of aryl methyl sites for hydroxylation is 1. The average molecular weight is 396 g/mol. The van der Waals surface area contributed by atoms with E-state index in [1.165, 1.54) is 25.7 Å². The zero-order valence-electron chi connectivity index (χ0n) is 16.8. The monoisotopic (exact) mass is 396 g/mol. The van der Waals surface area contributed by atoms with Crippen molar-refractivity contribution in [2.24, 2.45) is 5.92 Å². The van der Waals surface area contributed by atoms with E-state index in [0.717, 1.165) is 80.6 Å². The van der Waals surface area contributed by atoms with Crippen molar-refractivity contribution in [3.63, 3.8) is 0 Å². The minimum atomic E-state index is 0.635. The van der Waals surface area contributed by atoms with E-state index in [-0.39, 0.29) is 0 Å². The molecule has 0 atom stereocenters. The van der Waals surface area contributed by atoms with Crippen LogP contribution in [0.3, 0.4) is 0 Å². The Morgan fingerprint density at radius 3 is 2.79 bits per heavy atom. The van der Waals surface area contributed by atoms with E-state index in [0.29, 0.717) is 5.82 Å². The van der Waals surface area contributed by atoms with Gasteiger partial charge in [-0.2, -0.15) is 4.98 Å². The Labute approximate surface area is 170 Å². The van der Waals surface area contributed by atoms with Gasteiger partial charge in [0.25, 0.3) is 0 Å². The van der Waals surface area contributed by atoms with Crippen LogP contribution in [0.25, 0.3) is 22.4 Å². The summed E-state index contributed by atoms with van der Waals surface area (Å²) in [5.74, 6) is 2.20. The topological polar surface area (TPSA) is 82.1 Å². The highest BCUT2D eigenvalue weighted by molar-refractivity contribution is 5.79. The molecule has 1 aromatic carbocycles. The van der Waals surface area contributed by atoms with Crippen LogP contribution in [-0.2, 0) is 17.7 Å². The molecule has 2 aromatic heterocycles. The SMILES string of the molecule is c1cc2c(cc1-c1noc(CCC3CCCC3)n1)nnn2CCN1CCOCC1. The van der Waals surface area contributed by atoms with Crippen LogP contribution in [0.4, 0.5) is 0 Å². The summed E-state index contributed by atoms with van der Waals surface area (Å²) in [6, 6.07) is 6.08. The minimum absolute atomic E-state index is 0.635. The third-order valence-corrected chi connectivity index (χ3v) is 6.21. The Bertz CT molecular complexity index is 940. The van der Waals surface area contributed by atoms with Gasteiger partial charge in [-0.3, -0.25) is 4.90 Å². The van der Waals surface area contributed by atoms with Gasteiger partial charge in [0.15, 0.2) is 0 Å². The first kappa shape index (κ1) is 18.7. The minimum Gasteiger partial charge on any atom is -0.379 e. The van der Waals surface area contributed by atoms with Crippen molar-refractivity contribution in [3.05, 3.63) is 24.1 Å². The fraction of sp³-hybridized carbons (Fsp3) is 0.619. The third kappa shape index (κ3) is 4.33. The summed E-state index contributed by atoms with van der Waals surface area (Å²) in [7, 11) is 0. The van der Waals surface area contributed by atoms with E-state index >= 15 is 0 Å². The normalized spacial score (nSPS) is 18.8. The van der Waals surface area contributed by atoms with Gasteiger partial charge < -0.3 is 9.26 Å². The molecule has 3 aromatic rings. The van der Waals surface area contributed by atoms with Crippen LogP contribution in [0.15, 0.2) is 22.7 Å². The van der Waals surface area contributed by atoms with Gasteiger partial charge in [-0.15, -0.1) is 5.10 Å². The number of hydrogen-bond donors (Lipinski definition) is 0. The second kappa shape index (κ2) is 8.59. The van der Waals surface area contributed by atoms with Gasteiger partial charge in [0.2, 0.25) is 11.7 Å². The zero-order chi connectivity index (χ0) is 19.5. The van der Waals surface area contributed by atoms with Crippen molar-refractivity contribution in [1.82, 2.24) is 30.0 Å². The molecule has 8 nitrogen and oxygen atoms in total. The molecule has 1 saturated carbocycles. The molecule has 8 heteroatoms. The molecule has 2 fully saturated rings. The fourth-order valence-corrected chi connectivity index (χ4v) is 4.44. The number of aromatic nitrogens is 5. The lowest BCUT2D eigenvalue weighted by Crippen LogP contribution is -2.38. The zero-order valence-corrected chi connectivity index (χ0v) is 16.8.